The van der Waals surface area contributed by atoms with Crippen LogP contribution < -0.4 is 0 Å². The van der Waals surface area contributed by atoms with Gasteiger partial charge in [-0.15, -0.1) is 0 Å². The van der Waals surface area contributed by atoms with E-state index in [1.54, 1.807) is 0 Å². The predicted molar refractivity (Wildman–Crippen MR) is 67.4 cm³/mol. The van der Waals surface area contributed by atoms with Crippen LogP contribution in [0.2, 0.25) is 0 Å². The molecule has 0 rings (SSSR count). The van der Waals surface area contributed by atoms with Crippen LogP contribution in [-0.4, -0.2) is 11.6 Å². The van der Waals surface area contributed by atoms with Gasteiger partial charge >= 0.3 is 0 Å². The Labute approximate surface area is 99.8 Å². The van der Waals surface area contributed by atoms with Crippen LogP contribution in [0.15, 0.2) is 0 Å². The first-order valence-electron chi connectivity index (χ1n) is 6.03. The van der Waals surface area contributed by atoms with Crippen LogP contribution >= 0.6 is 0 Å². The van der Waals surface area contributed by atoms with Crippen molar-refractivity contribution in [3.05, 3.63) is 0 Å². The highest BCUT2D eigenvalue weighted by Crippen LogP contribution is 2.22. The summed E-state index contributed by atoms with van der Waals surface area (Å²) in [6, 6.07) is 0. The number of Topliss-reactive ketones (excluding diaryl/α,β-unsaturated/α-hetero) is 2. The smallest absolute Gasteiger partial charge is 0.140 e. The van der Waals surface area contributed by atoms with E-state index in [0.717, 1.165) is 6.42 Å². The lowest BCUT2D eigenvalue weighted by molar-refractivity contribution is -0.128. The highest BCUT2D eigenvalue weighted by molar-refractivity contribution is 5.99. The van der Waals surface area contributed by atoms with Gasteiger partial charge in [0.25, 0.3) is 0 Å². The summed E-state index contributed by atoms with van der Waals surface area (Å²) >= 11 is 0. The molecule has 94 valence electrons. The van der Waals surface area contributed by atoms with Crippen molar-refractivity contribution in [1.29, 1.82) is 0 Å². The second kappa shape index (κ2) is 5.60. The van der Waals surface area contributed by atoms with Crippen molar-refractivity contribution in [1.82, 2.24) is 0 Å². The highest BCUT2D eigenvalue weighted by Gasteiger charge is 2.19. The molecule has 0 aromatic carbocycles. The Bertz CT molecular complexity index is 251. The minimum absolute atomic E-state index is 0.0125. The van der Waals surface area contributed by atoms with E-state index in [9.17, 15) is 9.59 Å². The first-order chi connectivity index (χ1) is 6.99. The van der Waals surface area contributed by atoms with Gasteiger partial charge < -0.3 is 0 Å². The summed E-state index contributed by atoms with van der Waals surface area (Å²) in [5, 5.41) is 0. The number of hydrogen-bond donors (Lipinski definition) is 0. The molecule has 16 heavy (non-hydrogen) atoms. The van der Waals surface area contributed by atoms with Gasteiger partial charge in [-0.25, -0.2) is 0 Å². The third-order valence-electron chi connectivity index (χ3n) is 2.28. The monoisotopic (exact) mass is 226 g/mol. The Hall–Kier alpha value is -0.660. The van der Waals surface area contributed by atoms with E-state index in [2.05, 4.69) is 20.8 Å². The topological polar surface area (TPSA) is 34.1 Å². The third-order valence-corrected chi connectivity index (χ3v) is 2.28. The van der Waals surface area contributed by atoms with E-state index in [1.165, 1.54) is 0 Å². The molecule has 2 nitrogen and oxygen atoms in total. The van der Waals surface area contributed by atoms with Crippen molar-refractivity contribution in [2.45, 2.75) is 67.2 Å². The maximum Gasteiger partial charge on any atom is 0.140 e. The van der Waals surface area contributed by atoms with Crippen LogP contribution in [-0.2, 0) is 9.59 Å². The molecule has 0 atom stereocenters. The molecule has 0 aromatic rings. The fraction of sp³-hybridized carbons (Fsp3) is 0.857. The normalized spacial score (nSPS) is 12.6. The molecular weight excluding hydrogens is 200 g/mol. The minimum Gasteiger partial charge on any atom is -0.299 e. The number of hydrogen-bond acceptors (Lipinski definition) is 2. The molecule has 0 fully saturated rings. The van der Waals surface area contributed by atoms with Gasteiger partial charge in [-0.2, -0.15) is 0 Å². The lowest BCUT2D eigenvalue weighted by atomic mass is 9.86. The Morgan fingerprint density at radius 3 is 1.69 bits per heavy atom. The predicted octanol–water partition coefficient (Wildman–Crippen LogP) is 3.78. The standard InChI is InChI=1S/C14H26O2/c1-13(2,3)8-7-11(15)9-12(16)10-14(4,5)6/h7-10H2,1-6H3. The molecule has 0 aliphatic heterocycles. The van der Waals surface area contributed by atoms with E-state index in [0.29, 0.717) is 12.8 Å². The fourth-order valence-electron chi connectivity index (χ4n) is 1.48. The summed E-state index contributed by atoms with van der Waals surface area (Å²) in [6.07, 6.45) is 2.00. The SMILES string of the molecule is CC(C)(C)CCC(=O)CC(=O)CC(C)(C)C. The Kier molecular flexibility index (Phi) is 5.37. The highest BCUT2D eigenvalue weighted by atomic mass is 16.1. The van der Waals surface area contributed by atoms with Gasteiger partial charge in [0.15, 0.2) is 0 Å². The average Bonchev–Trinajstić information content (AvgIpc) is 1.95. The maximum atomic E-state index is 11.6. The zero-order chi connectivity index (χ0) is 13.0. The maximum absolute atomic E-state index is 11.6. The molecule has 2 heteroatoms. The number of ketones is 2. The van der Waals surface area contributed by atoms with Gasteiger partial charge in [0.2, 0.25) is 0 Å². The summed E-state index contributed by atoms with van der Waals surface area (Å²) in [5.74, 6) is 0.163. The van der Waals surface area contributed by atoms with Gasteiger partial charge in [0.1, 0.15) is 11.6 Å². The molecule has 0 aliphatic carbocycles. The Balaban J connectivity index is 3.93. The number of carbonyl (C=O) groups is 2. The second-order valence-electron chi connectivity index (χ2n) is 7.05. The zero-order valence-corrected chi connectivity index (χ0v) is 11.6. The molecule has 0 aromatic heterocycles. The molecular formula is C14H26O2. The molecule has 0 unspecified atom stereocenters. The van der Waals surface area contributed by atoms with Crippen molar-refractivity contribution in [2.24, 2.45) is 10.8 Å². The van der Waals surface area contributed by atoms with E-state index in [4.69, 9.17) is 0 Å². The first-order valence-corrected chi connectivity index (χ1v) is 6.03. The molecule has 0 aliphatic rings. The van der Waals surface area contributed by atoms with Gasteiger partial charge in [-0.05, 0) is 17.3 Å². The van der Waals surface area contributed by atoms with Crippen molar-refractivity contribution < 1.29 is 9.59 Å². The van der Waals surface area contributed by atoms with Crippen LogP contribution in [0.4, 0.5) is 0 Å². The van der Waals surface area contributed by atoms with Crippen LogP contribution in [0.3, 0.4) is 0 Å². The summed E-state index contributed by atoms with van der Waals surface area (Å²) in [4.78, 5) is 23.1. The number of rotatable bonds is 5. The van der Waals surface area contributed by atoms with Crippen molar-refractivity contribution >= 4 is 11.6 Å². The molecule has 0 radical (unpaired) electrons. The average molecular weight is 226 g/mol. The fourth-order valence-corrected chi connectivity index (χ4v) is 1.48. The van der Waals surface area contributed by atoms with Crippen molar-refractivity contribution in [2.75, 3.05) is 0 Å². The molecule has 0 saturated heterocycles. The lowest BCUT2D eigenvalue weighted by Gasteiger charge is -2.18. The summed E-state index contributed by atoms with van der Waals surface area (Å²) < 4.78 is 0. The first kappa shape index (κ1) is 15.3. The largest absolute Gasteiger partial charge is 0.299 e. The third kappa shape index (κ3) is 9.88. The van der Waals surface area contributed by atoms with Gasteiger partial charge in [-0.3, -0.25) is 9.59 Å². The van der Waals surface area contributed by atoms with Crippen molar-refractivity contribution in [3.63, 3.8) is 0 Å². The Morgan fingerprint density at radius 2 is 1.31 bits per heavy atom. The molecule has 0 saturated carbocycles. The summed E-state index contributed by atoms with van der Waals surface area (Å²) in [7, 11) is 0. The van der Waals surface area contributed by atoms with E-state index in [-0.39, 0.29) is 28.8 Å². The molecule has 0 bridgehead atoms. The summed E-state index contributed by atoms with van der Waals surface area (Å²) in [5.41, 5.74) is 0.157. The Morgan fingerprint density at radius 1 is 0.812 bits per heavy atom. The van der Waals surface area contributed by atoms with Crippen LogP contribution in [0.5, 0.6) is 0 Å². The molecule has 0 amide bonds. The molecule has 0 N–H and O–H groups in total. The lowest BCUT2D eigenvalue weighted by Crippen LogP contribution is -2.17. The van der Waals surface area contributed by atoms with Crippen molar-refractivity contribution in [3.8, 4) is 0 Å². The van der Waals surface area contributed by atoms with Gasteiger partial charge in [0, 0.05) is 12.8 Å². The van der Waals surface area contributed by atoms with Crippen LogP contribution in [0, 0.1) is 10.8 Å². The zero-order valence-electron chi connectivity index (χ0n) is 11.6. The van der Waals surface area contributed by atoms with Crippen LogP contribution in [0.1, 0.15) is 67.2 Å². The van der Waals surface area contributed by atoms with E-state index in [1.807, 2.05) is 20.8 Å². The van der Waals surface area contributed by atoms with Gasteiger partial charge in [0.05, 0.1) is 6.42 Å². The van der Waals surface area contributed by atoms with Crippen LogP contribution in [0.25, 0.3) is 0 Å². The van der Waals surface area contributed by atoms with E-state index >= 15 is 0 Å². The van der Waals surface area contributed by atoms with Gasteiger partial charge in [-0.1, -0.05) is 41.5 Å². The van der Waals surface area contributed by atoms with E-state index < -0.39 is 0 Å². The quantitative estimate of drug-likeness (QED) is 0.669. The minimum atomic E-state index is -0.0125. The second-order valence-corrected chi connectivity index (χ2v) is 7.05. The number of carbonyl (C=O) groups excluding carboxylic acids is 2. The summed E-state index contributed by atoms with van der Waals surface area (Å²) in [6.45, 7) is 12.4. The molecule has 0 spiro atoms. The molecule has 0 heterocycles.